The van der Waals surface area contributed by atoms with Crippen molar-refractivity contribution in [3.05, 3.63) is 143 Å². The lowest BCUT2D eigenvalue weighted by Crippen LogP contribution is -2.51. The molecule has 4 saturated heterocycles. The molecule has 8 rings (SSSR count). The van der Waals surface area contributed by atoms with Gasteiger partial charge in [-0.2, -0.15) is 0 Å². The third kappa shape index (κ3) is 10.3. The lowest BCUT2D eigenvalue weighted by atomic mass is 9.91. The number of fused-ring (bicyclic) bond motifs is 1. The summed E-state index contributed by atoms with van der Waals surface area (Å²) in [5.74, 6) is -0.829. The Balaban J connectivity index is 1.11. The van der Waals surface area contributed by atoms with Gasteiger partial charge in [-0.15, -0.1) is 0 Å². The van der Waals surface area contributed by atoms with Crippen molar-refractivity contribution >= 4 is 6.03 Å². The van der Waals surface area contributed by atoms with Gasteiger partial charge in [-0.3, -0.25) is 0 Å². The van der Waals surface area contributed by atoms with Gasteiger partial charge in [0, 0.05) is 26.3 Å². The fourth-order valence-electron chi connectivity index (χ4n) is 8.69. The van der Waals surface area contributed by atoms with E-state index in [-0.39, 0.29) is 42.9 Å². The van der Waals surface area contributed by atoms with Gasteiger partial charge in [0.05, 0.1) is 25.3 Å². The molecule has 0 aliphatic carbocycles. The summed E-state index contributed by atoms with van der Waals surface area (Å²) in [6.07, 6.45) is 6.54. The topological polar surface area (TPSA) is 78.9 Å². The highest BCUT2D eigenvalue weighted by molar-refractivity contribution is 5.76. The van der Waals surface area contributed by atoms with Gasteiger partial charge in [-0.25, -0.2) is 4.79 Å². The fourth-order valence-corrected chi connectivity index (χ4v) is 8.69. The lowest BCUT2D eigenvalue weighted by molar-refractivity contribution is -0.169. The van der Waals surface area contributed by atoms with E-state index in [0.29, 0.717) is 39.1 Å². The summed E-state index contributed by atoms with van der Waals surface area (Å²) >= 11 is 0. The predicted molar refractivity (Wildman–Crippen MR) is 218 cm³/mol. The van der Waals surface area contributed by atoms with Crippen molar-refractivity contribution in [1.29, 1.82) is 0 Å². The Morgan fingerprint density at radius 3 is 1.33 bits per heavy atom. The van der Waals surface area contributed by atoms with E-state index in [9.17, 15) is 0 Å². The maximum Gasteiger partial charge on any atom is 0.321 e. The standard InChI is InChI=1S/C48H58N2O7/c1-48(2)56-45-41(29-35-13-5-3-6-14-35)49(31-37-19-23-39(24-20-37)33-54-43-17-9-11-27-52-43)47(51)50(42(46(45)57-48)30-36-15-7-4-8-16-36)32-38-21-25-40(26-22-38)34-55-44-18-10-12-28-53-44/h3-8,13-16,19-26,41-46H,9-12,17-18,27-34H2,1-2H3/t41-,42-,43?,44?,45+,46+/m1/s1. The Hall–Kier alpha value is -4.09. The second kappa shape index (κ2) is 18.7. The van der Waals surface area contributed by atoms with Gasteiger partial charge in [0.25, 0.3) is 0 Å². The van der Waals surface area contributed by atoms with Crippen LogP contribution in [0.15, 0.2) is 109 Å². The summed E-state index contributed by atoms with van der Waals surface area (Å²) in [6, 6.07) is 37.2. The van der Waals surface area contributed by atoms with E-state index in [0.717, 1.165) is 85.1 Å². The summed E-state index contributed by atoms with van der Waals surface area (Å²) < 4.78 is 37.6. The third-order valence-corrected chi connectivity index (χ3v) is 11.7. The Morgan fingerprint density at radius 1 is 0.544 bits per heavy atom. The zero-order valence-corrected chi connectivity index (χ0v) is 33.5. The molecule has 0 saturated carbocycles. The smallest absolute Gasteiger partial charge is 0.321 e. The zero-order chi connectivity index (χ0) is 39.0. The summed E-state index contributed by atoms with van der Waals surface area (Å²) in [6.45, 7) is 7.32. The molecule has 4 fully saturated rings. The summed E-state index contributed by atoms with van der Waals surface area (Å²) in [5, 5.41) is 0. The minimum absolute atomic E-state index is 0.0278. The largest absolute Gasteiger partial charge is 0.353 e. The van der Waals surface area contributed by atoms with Crippen LogP contribution < -0.4 is 0 Å². The van der Waals surface area contributed by atoms with Gasteiger partial charge >= 0.3 is 6.03 Å². The van der Waals surface area contributed by atoms with E-state index in [1.54, 1.807) is 0 Å². The molecule has 302 valence electrons. The zero-order valence-electron chi connectivity index (χ0n) is 33.5. The van der Waals surface area contributed by atoms with Crippen molar-refractivity contribution in [2.24, 2.45) is 0 Å². The van der Waals surface area contributed by atoms with Gasteiger partial charge in [-0.05, 0) is 98.6 Å². The Kier molecular flexibility index (Phi) is 13.0. The van der Waals surface area contributed by atoms with Crippen LogP contribution in [0.1, 0.15) is 85.8 Å². The fraction of sp³-hybridized carbons (Fsp3) is 0.479. The van der Waals surface area contributed by atoms with Crippen molar-refractivity contribution in [2.75, 3.05) is 13.2 Å². The normalized spacial score (nSPS) is 26.2. The molecule has 9 heteroatoms. The van der Waals surface area contributed by atoms with Crippen LogP contribution in [-0.2, 0) is 67.6 Å². The van der Waals surface area contributed by atoms with Gasteiger partial charge in [0.1, 0.15) is 12.2 Å². The van der Waals surface area contributed by atoms with Crippen molar-refractivity contribution in [1.82, 2.24) is 9.80 Å². The second-order valence-electron chi connectivity index (χ2n) is 16.5. The van der Waals surface area contributed by atoms with Crippen LogP contribution in [0, 0.1) is 0 Å². The minimum atomic E-state index is -0.829. The molecule has 0 bridgehead atoms. The monoisotopic (exact) mass is 774 g/mol. The molecule has 0 radical (unpaired) electrons. The molecular formula is C48H58N2O7. The number of rotatable bonds is 14. The molecule has 0 spiro atoms. The van der Waals surface area contributed by atoms with Crippen molar-refractivity contribution < 1.29 is 33.2 Å². The molecule has 4 heterocycles. The van der Waals surface area contributed by atoms with E-state index >= 15 is 4.79 Å². The first-order chi connectivity index (χ1) is 27.9. The molecule has 6 atom stereocenters. The summed E-state index contributed by atoms with van der Waals surface area (Å²) in [5.41, 5.74) is 6.54. The Morgan fingerprint density at radius 2 is 0.947 bits per heavy atom. The van der Waals surface area contributed by atoms with Crippen LogP contribution in [0.25, 0.3) is 0 Å². The number of ether oxygens (including phenoxy) is 6. The molecule has 0 N–H and O–H groups in total. The second-order valence-corrected chi connectivity index (χ2v) is 16.5. The average Bonchev–Trinajstić information content (AvgIpc) is 3.55. The summed E-state index contributed by atoms with van der Waals surface area (Å²) in [4.78, 5) is 19.6. The maximum absolute atomic E-state index is 15.5. The molecular weight excluding hydrogens is 717 g/mol. The molecule has 2 amide bonds. The maximum atomic E-state index is 15.5. The molecule has 4 aliphatic rings. The van der Waals surface area contributed by atoms with Gasteiger partial charge in [0.15, 0.2) is 18.4 Å². The Labute approximate surface area is 338 Å². The molecule has 9 nitrogen and oxygen atoms in total. The van der Waals surface area contributed by atoms with Crippen LogP contribution >= 0.6 is 0 Å². The highest BCUT2D eigenvalue weighted by Gasteiger charge is 2.55. The number of urea groups is 1. The molecule has 57 heavy (non-hydrogen) atoms. The van der Waals surface area contributed by atoms with Gasteiger partial charge < -0.3 is 38.2 Å². The van der Waals surface area contributed by atoms with E-state index in [1.165, 1.54) is 0 Å². The van der Waals surface area contributed by atoms with E-state index in [2.05, 4.69) is 97.1 Å². The first kappa shape index (κ1) is 39.7. The van der Waals surface area contributed by atoms with Crippen molar-refractivity contribution in [3.8, 4) is 0 Å². The van der Waals surface area contributed by atoms with Crippen LogP contribution in [0.5, 0.6) is 0 Å². The van der Waals surface area contributed by atoms with Gasteiger partial charge in [-0.1, -0.05) is 109 Å². The SMILES string of the molecule is CC1(C)O[C@@H]2[C@@H](O1)[C@@H](Cc1ccccc1)N(Cc1ccc(COC3CCCCO3)cc1)C(=O)N(Cc1ccc(COC3CCCCO3)cc1)[C@@H]2Cc1ccccc1. The number of hydrogen-bond acceptors (Lipinski definition) is 7. The van der Waals surface area contributed by atoms with Gasteiger partial charge in [0.2, 0.25) is 0 Å². The number of amides is 2. The van der Waals surface area contributed by atoms with E-state index < -0.39 is 5.79 Å². The first-order valence-electron chi connectivity index (χ1n) is 21.0. The van der Waals surface area contributed by atoms with Crippen molar-refractivity contribution in [3.63, 3.8) is 0 Å². The highest BCUT2D eigenvalue weighted by atomic mass is 16.8. The van der Waals surface area contributed by atoms with Crippen LogP contribution in [0.3, 0.4) is 0 Å². The van der Waals surface area contributed by atoms with Crippen molar-refractivity contribution in [2.45, 2.75) is 134 Å². The molecule has 4 aromatic carbocycles. The minimum Gasteiger partial charge on any atom is -0.353 e. The quantitative estimate of drug-likeness (QED) is 0.127. The number of carbonyl (C=O) groups is 1. The van der Waals surface area contributed by atoms with E-state index in [1.807, 2.05) is 35.8 Å². The molecule has 4 aromatic rings. The summed E-state index contributed by atoms with van der Waals surface area (Å²) in [7, 11) is 0. The highest BCUT2D eigenvalue weighted by Crippen LogP contribution is 2.40. The predicted octanol–water partition coefficient (Wildman–Crippen LogP) is 8.95. The average molecular weight is 775 g/mol. The number of carbonyl (C=O) groups excluding carboxylic acids is 1. The Bertz CT molecular complexity index is 1710. The van der Waals surface area contributed by atoms with E-state index in [4.69, 9.17) is 28.4 Å². The number of hydrogen-bond donors (Lipinski definition) is 0. The molecule has 4 aliphatic heterocycles. The third-order valence-electron chi connectivity index (χ3n) is 11.7. The lowest BCUT2D eigenvalue weighted by Gasteiger charge is -2.37. The first-order valence-corrected chi connectivity index (χ1v) is 21.0. The van der Waals surface area contributed by atoms with Crippen LogP contribution in [-0.4, -0.2) is 71.7 Å². The number of benzene rings is 4. The van der Waals surface area contributed by atoms with Crippen LogP contribution in [0.4, 0.5) is 4.79 Å². The molecule has 2 unspecified atom stereocenters. The van der Waals surface area contributed by atoms with Crippen LogP contribution in [0.2, 0.25) is 0 Å². The number of nitrogens with zero attached hydrogens (tertiary/aromatic N) is 2. The molecule has 0 aromatic heterocycles.